The summed E-state index contributed by atoms with van der Waals surface area (Å²) < 4.78 is 43.9. The van der Waals surface area contributed by atoms with Gasteiger partial charge in [-0.2, -0.15) is 13.2 Å². The zero-order chi connectivity index (χ0) is 14.8. The first-order valence-corrected chi connectivity index (χ1v) is 6.07. The van der Waals surface area contributed by atoms with Gasteiger partial charge in [-0.25, -0.2) is 0 Å². The van der Waals surface area contributed by atoms with E-state index in [0.717, 1.165) is 11.6 Å². The average Bonchev–Trinajstić information content (AvgIpc) is 2.38. The van der Waals surface area contributed by atoms with Crippen molar-refractivity contribution < 1.29 is 17.9 Å². The number of halogens is 3. The van der Waals surface area contributed by atoms with E-state index >= 15 is 0 Å². The van der Waals surface area contributed by atoms with Crippen molar-refractivity contribution in [3.05, 3.63) is 59.7 Å². The van der Waals surface area contributed by atoms with Crippen LogP contribution in [0, 0.1) is 0 Å². The fourth-order valence-electron chi connectivity index (χ4n) is 1.78. The number of nitrogens with two attached hydrogens (primary N) is 1. The van der Waals surface area contributed by atoms with Crippen LogP contribution in [0.4, 0.5) is 13.2 Å². The van der Waals surface area contributed by atoms with E-state index in [1.807, 2.05) is 0 Å². The highest BCUT2D eigenvalue weighted by molar-refractivity contribution is 5.40. The predicted molar refractivity (Wildman–Crippen MR) is 70.6 cm³/mol. The van der Waals surface area contributed by atoms with Crippen LogP contribution in [0.3, 0.4) is 0 Å². The highest BCUT2D eigenvalue weighted by Gasteiger charge is 2.34. The Morgan fingerprint density at radius 2 is 1.75 bits per heavy atom. The lowest BCUT2D eigenvalue weighted by molar-refractivity contribution is -0.138. The van der Waals surface area contributed by atoms with Gasteiger partial charge < -0.3 is 10.5 Å². The summed E-state index contributed by atoms with van der Waals surface area (Å²) in [6.07, 6.45) is -4.45. The van der Waals surface area contributed by atoms with Gasteiger partial charge >= 0.3 is 6.18 Å². The van der Waals surface area contributed by atoms with Gasteiger partial charge in [-0.3, -0.25) is 0 Å². The molecule has 2 aromatic carbocycles. The Hall–Kier alpha value is -2.01. The van der Waals surface area contributed by atoms with Crippen molar-refractivity contribution in [2.75, 3.05) is 0 Å². The van der Waals surface area contributed by atoms with Crippen LogP contribution < -0.4 is 10.5 Å². The topological polar surface area (TPSA) is 35.2 Å². The summed E-state index contributed by atoms with van der Waals surface area (Å²) in [6.45, 7) is 1.79. The Balaban J connectivity index is 2.33. The maximum absolute atomic E-state index is 12.9. The molecule has 2 aromatic rings. The first-order chi connectivity index (χ1) is 9.38. The van der Waals surface area contributed by atoms with E-state index in [2.05, 4.69) is 0 Å². The molecule has 0 saturated carbocycles. The molecule has 2 rings (SSSR count). The zero-order valence-electron chi connectivity index (χ0n) is 10.8. The molecule has 5 heteroatoms. The minimum atomic E-state index is -4.45. The van der Waals surface area contributed by atoms with Gasteiger partial charge in [0.15, 0.2) is 0 Å². The third-order valence-corrected chi connectivity index (χ3v) is 2.80. The molecule has 0 aliphatic rings. The van der Waals surface area contributed by atoms with Crippen molar-refractivity contribution in [3.63, 3.8) is 0 Å². The van der Waals surface area contributed by atoms with Crippen molar-refractivity contribution in [1.82, 2.24) is 0 Å². The highest BCUT2D eigenvalue weighted by Crippen LogP contribution is 2.38. The third kappa shape index (κ3) is 3.30. The zero-order valence-corrected chi connectivity index (χ0v) is 10.8. The van der Waals surface area contributed by atoms with Crippen molar-refractivity contribution in [3.8, 4) is 11.5 Å². The minimum Gasteiger partial charge on any atom is -0.457 e. The van der Waals surface area contributed by atoms with Crippen LogP contribution >= 0.6 is 0 Å². The second kappa shape index (κ2) is 5.54. The molecule has 0 saturated heterocycles. The lowest BCUT2D eigenvalue weighted by Gasteiger charge is -2.14. The van der Waals surface area contributed by atoms with Gasteiger partial charge in [-0.05, 0) is 36.8 Å². The summed E-state index contributed by atoms with van der Waals surface area (Å²) in [5.74, 6) is 0.110. The van der Waals surface area contributed by atoms with Crippen molar-refractivity contribution in [2.45, 2.75) is 19.1 Å². The maximum Gasteiger partial charge on any atom is 0.419 e. The molecule has 1 atom stereocenters. The number of ether oxygens (including phenoxy) is 1. The molecular formula is C15H14F3NO. The van der Waals surface area contributed by atoms with Crippen LogP contribution in [-0.2, 0) is 6.18 Å². The summed E-state index contributed by atoms with van der Waals surface area (Å²) in [5.41, 5.74) is 5.74. The largest absolute Gasteiger partial charge is 0.457 e. The van der Waals surface area contributed by atoms with Gasteiger partial charge in [0.05, 0.1) is 5.56 Å². The standard InChI is InChI=1S/C15H14F3NO/c1-10(19)11-5-4-6-12(9-11)20-14-8-3-2-7-13(14)15(16,17)18/h2-10H,19H2,1H3. The van der Waals surface area contributed by atoms with Gasteiger partial charge in [0.2, 0.25) is 0 Å². The van der Waals surface area contributed by atoms with Crippen LogP contribution in [0.2, 0.25) is 0 Å². The second-order valence-corrected chi connectivity index (χ2v) is 4.46. The average molecular weight is 281 g/mol. The summed E-state index contributed by atoms with van der Waals surface area (Å²) in [7, 11) is 0. The SMILES string of the molecule is CC(N)c1cccc(Oc2ccccc2C(F)(F)F)c1. The normalized spacial score (nSPS) is 13.1. The van der Waals surface area contributed by atoms with E-state index in [4.69, 9.17) is 10.5 Å². The minimum absolute atomic E-state index is 0.212. The quantitative estimate of drug-likeness (QED) is 0.897. The first-order valence-electron chi connectivity index (χ1n) is 6.07. The van der Waals surface area contributed by atoms with Crippen LogP contribution in [-0.4, -0.2) is 0 Å². The molecule has 0 aliphatic carbocycles. The lowest BCUT2D eigenvalue weighted by Crippen LogP contribution is -2.07. The van der Waals surface area contributed by atoms with Crippen LogP contribution in [0.1, 0.15) is 24.1 Å². The van der Waals surface area contributed by atoms with Crippen LogP contribution in [0.25, 0.3) is 0 Å². The van der Waals surface area contributed by atoms with Crippen molar-refractivity contribution in [2.24, 2.45) is 5.73 Å². The second-order valence-electron chi connectivity index (χ2n) is 4.46. The summed E-state index contributed by atoms with van der Waals surface area (Å²) in [5, 5.41) is 0. The van der Waals surface area contributed by atoms with E-state index in [1.54, 1.807) is 31.2 Å². The summed E-state index contributed by atoms with van der Waals surface area (Å²) in [6, 6.07) is 11.6. The van der Waals surface area contributed by atoms with Gasteiger partial charge in [0, 0.05) is 6.04 Å². The fraction of sp³-hybridized carbons (Fsp3) is 0.200. The smallest absolute Gasteiger partial charge is 0.419 e. The maximum atomic E-state index is 12.9. The number of hydrogen-bond acceptors (Lipinski definition) is 2. The molecule has 0 spiro atoms. The Morgan fingerprint density at radius 3 is 2.40 bits per heavy atom. The van der Waals surface area contributed by atoms with E-state index in [9.17, 15) is 13.2 Å². The van der Waals surface area contributed by atoms with Gasteiger partial charge in [-0.15, -0.1) is 0 Å². The highest BCUT2D eigenvalue weighted by atomic mass is 19.4. The third-order valence-electron chi connectivity index (χ3n) is 2.80. The Bertz CT molecular complexity index is 594. The Morgan fingerprint density at radius 1 is 1.05 bits per heavy atom. The Kier molecular flexibility index (Phi) is 3.99. The number of alkyl halides is 3. The predicted octanol–water partition coefficient (Wildman–Crippen LogP) is 4.52. The monoisotopic (exact) mass is 281 g/mol. The fourth-order valence-corrected chi connectivity index (χ4v) is 1.78. The molecule has 106 valence electrons. The molecule has 0 radical (unpaired) electrons. The number of hydrogen-bond donors (Lipinski definition) is 1. The molecule has 2 N–H and O–H groups in total. The van der Waals surface area contributed by atoms with Gasteiger partial charge in [0.25, 0.3) is 0 Å². The van der Waals surface area contributed by atoms with Crippen molar-refractivity contribution >= 4 is 0 Å². The number of rotatable bonds is 3. The van der Waals surface area contributed by atoms with Crippen LogP contribution in [0.5, 0.6) is 11.5 Å². The van der Waals surface area contributed by atoms with E-state index in [1.165, 1.54) is 18.2 Å². The molecule has 2 nitrogen and oxygen atoms in total. The number of benzene rings is 2. The number of para-hydroxylation sites is 1. The Labute approximate surface area is 115 Å². The molecule has 20 heavy (non-hydrogen) atoms. The molecule has 0 bridgehead atoms. The first kappa shape index (κ1) is 14.4. The van der Waals surface area contributed by atoms with E-state index in [-0.39, 0.29) is 11.8 Å². The van der Waals surface area contributed by atoms with Gasteiger partial charge in [0.1, 0.15) is 11.5 Å². The molecule has 0 aromatic heterocycles. The molecule has 0 heterocycles. The summed E-state index contributed by atoms with van der Waals surface area (Å²) >= 11 is 0. The van der Waals surface area contributed by atoms with Crippen LogP contribution in [0.15, 0.2) is 48.5 Å². The molecule has 0 aliphatic heterocycles. The lowest BCUT2D eigenvalue weighted by atomic mass is 10.1. The van der Waals surface area contributed by atoms with Gasteiger partial charge in [-0.1, -0.05) is 24.3 Å². The molecule has 1 unspecified atom stereocenters. The van der Waals surface area contributed by atoms with E-state index < -0.39 is 11.7 Å². The molecular weight excluding hydrogens is 267 g/mol. The van der Waals surface area contributed by atoms with Crippen molar-refractivity contribution in [1.29, 1.82) is 0 Å². The van der Waals surface area contributed by atoms with E-state index in [0.29, 0.717) is 5.75 Å². The molecule has 0 fully saturated rings. The molecule has 0 amide bonds. The summed E-state index contributed by atoms with van der Waals surface area (Å²) in [4.78, 5) is 0.